The van der Waals surface area contributed by atoms with Crippen LogP contribution in [0, 0.1) is 0 Å². The average molecular weight is 254 g/mol. The summed E-state index contributed by atoms with van der Waals surface area (Å²) < 4.78 is 31.6. The van der Waals surface area contributed by atoms with Crippen molar-refractivity contribution in [2.24, 2.45) is 0 Å². The largest absolute Gasteiger partial charge is 0.394 e. The highest BCUT2D eigenvalue weighted by atomic mass is 32.3. The molecular formula is C8H18N2O5S. The Morgan fingerprint density at radius 1 is 1.38 bits per heavy atom. The standard InChI is InChI=1S/C8H16N2O.H2O4S/c1-5-6-7(2)8(11)9-10(3)4;1-5(2,3)4/h2,5-6H2,1,3-4H3,(H,9,11);(H2,1,2,3,4). The van der Waals surface area contributed by atoms with Crippen molar-refractivity contribution in [3.8, 4) is 0 Å². The quantitative estimate of drug-likeness (QED) is 0.378. The summed E-state index contributed by atoms with van der Waals surface area (Å²) in [7, 11) is -1.12. The maximum atomic E-state index is 11.1. The van der Waals surface area contributed by atoms with Crippen LogP contribution < -0.4 is 5.43 Å². The molecule has 16 heavy (non-hydrogen) atoms. The number of nitrogens with one attached hydrogen (secondary N) is 1. The zero-order valence-electron chi connectivity index (χ0n) is 9.60. The van der Waals surface area contributed by atoms with E-state index in [1.54, 1.807) is 19.1 Å². The number of hydrogen-bond donors (Lipinski definition) is 3. The Kier molecular flexibility index (Phi) is 8.96. The third-order valence-corrected chi connectivity index (χ3v) is 1.20. The minimum Gasteiger partial charge on any atom is -0.286 e. The summed E-state index contributed by atoms with van der Waals surface area (Å²) in [6.45, 7) is 5.68. The fourth-order valence-electron chi connectivity index (χ4n) is 0.697. The summed E-state index contributed by atoms with van der Waals surface area (Å²) in [6.07, 6.45) is 1.72. The molecule has 3 N–H and O–H groups in total. The molecule has 0 aliphatic heterocycles. The Morgan fingerprint density at radius 2 is 1.75 bits per heavy atom. The Labute approximate surface area is 95.7 Å². The second-order valence-electron chi connectivity index (χ2n) is 3.14. The van der Waals surface area contributed by atoms with E-state index in [0.29, 0.717) is 5.57 Å². The van der Waals surface area contributed by atoms with Gasteiger partial charge in [0.1, 0.15) is 0 Å². The molecule has 8 heteroatoms. The number of carbonyl (C=O) groups excluding carboxylic acids is 1. The van der Waals surface area contributed by atoms with Crippen molar-refractivity contribution in [3.05, 3.63) is 12.2 Å². The van der Waals surface area contributed by atoms with Crippen LogP contribution in [0.15, 0.2) is 12.2 Å². The molecule has 7 nitrogen and oxygen atoms in total. The van der Waals surface area contributed by atoms with Crippen molar-refractivity contribution in [2.75, 3.05) is 14.1 Å². The second kappa shape index (κ2) is 8.22. The highest BCUT2D eigenvalue weighted by Crippen LogP contribution is 2.00. The smallest absolute Gasteiger partial charge is 0.286 e. The van der Waals surface area contributed by atoms with Gasteiger partial charge < -0.3 is 0 Å². The van der Waals surface area contributed by atoms with Crippen molar-refractivity contribution in [1.29, 1.82) is 0 Å². The van der Waals surface area contributed by atoms with Gasteiger partial charge in [-0.1, -0.05) is 19.9 Å². The highest BCUT2D eigenvalue weighted by molar-refractivity contribution is 7.79. The Morgan fingerprint density at radius 3 is 2.00 bits per heavy atom. The number of carbonyl (C=O) groups is 1. The van der Waals surface area contributed by atoms with Crippen LogP contribution in [0.4, 0.5) is 0 Å². The predicted octanol–water partition coefficient (Wildman–Crippen LogP) is 0.283. The topological polar surface area (TPSA) is 107 Å². The van der Waals surface area contributed by atoms with Gasteiger partial charge in [0.15, 0.2) is 0 Å². The molecule has 0 rings (SSSR count). The zero-order valence-corrected chi connectivity index (χ0v) is 10.4. The van der Waals surface area contributed by atoms with Gasteiger partial charge in [-0.15, -0.1) is 0 Å². The first-order valence-electron chi connectivity index (χ1n) is 4.43. The van der Waals surface area contributed by atoms with E-state index in [0.717, 1.165) is 12.8 Å². The van der Waals surface area contributed by atoms with Crippen LogP contribution in [0.5, 0.6) is 0 Å². The summed E-state index contributed by atoms with van der Waals surface area (Å²) in [5, 5.41) is 1.61. The molecule has 0 aromatic rings. The normalized spacial score (nSPS) is 10.4. The zero-order chi connectivity index (χ0) is 13.4. The van der Waals surface area contributed by atoms with Crippen LogP contribution in [0.25, 0.3) is 0 Å². The lowest BCUT2D eigenvalue weighted by molar-refractivity contribution is -0.121. The Hall–Kier alpha value is -0.960. The molecule has 0 unspecified atom stereocenters. The van der Waals surface area contributed by atoms with Crippen molar-refractivity contribution in [1.82, 2.24) is 10.4 Å². The maximum absolute atomic E-state index is 11.1. The lowest BCUT2D eigenvalue weighted by Crippen LogP contribution is -2.36. The number of hydrogen-bond acceptors (Lipinski definition) is 4. The van der Waals surface area contributed by atoms with Crippen LogP contribution >= 0.6 is 0 Å². The molecule has 0 spiro atoms. The van der Waals surface area contributed by atoms with Gasteiger partial charge in [-0.3, -0.25) is 19.3 Å². The summed E-state index contributed by atoms with van der Waals surface area (Å²) in [5.74, 6) is -0.0862. The minimum absolute atomic E-state index is 0.0862. The van der Waals surface area contributed by atoms with Gasteiger partial charge in [0.2, 0.25) is 0 Å². The van der Waals surface area contributed by atoms with E-state index in [9.17, 15) is 4.79 Å². The van der Waals surface area contributed by atoms with Gasteiger partial charge >= 0.3 is 10.4 Å². The van der Waals surface area contributed by atoms with E-state index >= 15 is 0 Å². The SMILES string of the molecule is C=C(CCC)C(=O)NN(C)C.O=S(=O)(O)O. The van der Waals surface area contributed by atoms with Gasteiger partial charge in [-0.2, -0.15) is 8.42 Å². The minimum atomic E-state index is -4.67. The summed E-state index contributed by atoms with van der Waals surface area (Å²) in [4.78, 5) is 11.1. The molecule has 0 heterocycles. The summed E-state index contributed by atoms with van der Waals surface area (Å²) >= 11 is 0. The van der Waals surface area contributed by atoms with Crippen molar-refractivity contribution in [2.45, 2.75) is 19.8 Å². The van der Waals surface area contributed by atoms with Crippen molar-refractivity contribution < 1.29 is 22.3 Å². The first-order chi connectivity index (χ1) is 7.07. The molecular weight excluding hydrogens is 236 g/mol. The van der Waals surface area contributed by atoms with Crippen molar-refractivity contribution >= 4 is 16.3 Å². The molecule has 1 amide bonds. The average Bonchev–Trinajstić information content (AvgIpc) is 2.00. The van der Waals surface area contributed by atoms with Gasteiger partial charge in [-0.25, -0.2) is 5.01 Å². The number of hydrazine groups is 1. The maximum Gasteiger partial charge on any atom is 0.394 e. The van der Waals surface area contributed by atoms with E-state index < -0.39 is 10.4 Å². The van der Waals surface area contributed by atoms with E-state index in [-0.39, 0.29) is 5.91 Å². The second-order valence-corrected chi connectivity index (χ2v) is 4.03. The van der Waals surface area contributed by atoms with E-state index in [1.165, 1.54) is 0 Å². The monoisotopic (exact) mass is 254 g/mol. The van der Waals surface area contributed by atoms with Crippen LogP contribution in [-0.4, -0.2) is 42.5 Å². The van der Waals surface area contributed by atoms with Gasteiger partial charge in [0.05, 0.1) is 0 Å². The fraction of sp³-hybridized carbons (Fsp3) is 0.625. The summed E-state index contributed by atoms with van der Waals surface area (Å²) in [5.41, 5.74) is 3.26. The summed E-state index contributed by atoms with van der Waals surface area (Å²) in [6, 6.07) is 0. The van der Waals surface area contributed by atoms with Gasteiger partial charge in [0.25, 0.3) is 5.91 Å². The van der Waals surface area contributed by atoms with Crippen LogP contribution in [0.3, 0.4) is 0 Å². The van der Waals surface area contributed by atoms with Crippen LogP contribution in [-0.2, 0) is 15.2 Å². The first kappa shape index (κ1) is 17.4. The molecule has 0 atom stereocenters. The molecule has 0 saturated heterocycles. The lowest BCUT2D eigenvalue weighted by atomic mass is 10.2. The Bertz CT molecular complexity index is 315. The third kappa shape index (κ3) is 18.8. The number of nitrogens with zero attached hydrogens (tertiary/aromatic N) is 1. The van der Waals surface area contributed by atoms with Gasteiger partial charge in [0, 0.05) is 19.7 Å². The van der Waals surface area contributed by atoms with Crippen LogP contribution in [0.1, 0.15) is 19.8 Å². The molecule has 96 valence electrons. The lowest BCUT2D eigenvalue weighted by Gasteiger charge is -2.12. The van der Waals surface area contributed by atoms with E-state index in [4.69, 9.17) is 17.5 Å². The molecule has 0 aromatic carbocycles. The third-order valence-electron chi connectivity index (χ3n) is 1.20. The number of rotatable bonds is 4. The molecule has 0 saturated carbocycles. The van der Waals surface area contributed by atoms with Crippen molar-refractivity contribution in [3.63, 3.8) is 0 Å². The fourth-order valence-corrected chi connectivity index (χ4v) is 0.697. The molecule has 0 aliphatic carbocycles. The molecule has 0 bridgehead atoms. The molecule has 0 radical (unpaired) electrons. The van der Waals surface area contributed by atoms with Gasteiger partial charge in [-0.05, 0) is 6.42 Å². The first-order valence-corrected chi connectivity index (χ1v) is 5.83. The van der Waals surface area contributed by atoms with E-state index in [2.05, 4.69) is 12.0 Å². The molecule has 0 aromatic heterocycles. The highest BCUT2D eigenvalue weighted by Gasteiger charge is 2.04. The molecule has 0 aliphatic rings. The van der Waals surface area contributed by atoms with Crippen LogP contribution in [0.2, 0.25) is 0 Å². The van der Waals surface area contributed by atoms with E-state index in [1.807, 2.05) is 6.92 Å². The number of amides is 1. The Balaban J connectivity index is 0. The molecule has 0 fully saturated rings. The predicted molar refractivity (Wildman–Crippen MR) is 60.1 cm³/mol.